The second kappa shape index (κ2) is 9.81. The number of rotatable bonds is 7. The van der Waals surface area contributed by atoms with E-state index < -0.39 is 0 Å². The lowest BCUT2D eigenvalue weighted by molar-refractivity contribution is -0.122. The zero-order valence-corrected chi connectivity index (χ0v) is 18.6. The molecule has 0 N–H and O–H groups in total. The summed E-state index contributed by atoms with van der Waals surface area (Å²) >= 11 is 6.77. The van der Waals surface area contributed by atoms with E-state index in [1.807, 2.05) is 84.9 Å². The summed E-state index contributed by atoms with van der Waals surface area (Å²) in [5.74, 6) is 1.19. The van der Waals surface area contributed by atoms with Crippen molar-refractivity contribution in [2.75, 3.05) is 7.11 Å². The van der Waals surface area contributed by atoms with E-state index >= 15 is 0 Å². The smallest absolute Gasteiger partial charge is 0.266 e. The fraction of sp³-hybridized carbons (Fsp3) is 0.120. The Kier molecular flexibility index (Phi) is 6.70. The Balaban J connectivity index is 1.52. The van der Waals surface area contributed by atoms with Crippen LogP contribution in [0.2, 0.25) is 0 Å². The van der Waals surface area contributed by atoms with E-state index in [4.69, 9.17) is 21.7 Å². The number of hydrogen-bond donors (Lipinski definition) is 0. The molecular formula is C25H21NO3S2. The summed E-state index contributed by atoms with van der Waals surface area (Å²) in [5.41, 5.74) is 2.96. The number of carbonyl (C=O) groups is 1. The van der Waals surface area contributed by atoms with Gasteiger partial charge in [-0.3, -0.25) is 9.69 Å². The lowest BCUT2D eigenvalue weighted by Crippen LogP contribution is -2.27. The van der Waals surface area contributed by atoms with Crippen molar-refractivity contribution in [3.63, 3.8) is 0 Å². The van der Waals surface area contributed by atoms with Gasteiger partial charge in [0.15, 0.2) is 11.5 Å². The van der Waals surface area contributed by atoms with Gasteiger partial charge in [-0.25, -0.2) is 0 Å². The number of thiocarbonyl (C=S) groups is 1. The molecule has 156 valence electrons. The molecule has 1 fully saturated rings. The molecule has 1 heterocycles. The van der Waals surface area contributed by atoms with Crippen molar-refractivity contribution in [2.24, 2.45) is 0 Å². The Hall–Kier alpha value is -3.09. The molecule has 1 saturated heterocycles. The van der Waals surface area contributed by atoms with Crippen LogP contribution in [0.15, 0.2) is 83.8 Å². The highest BCUT2D eigenvalue weighted by Gasteiger charge is 2.32. The summed E-state index contributed by atoms with van der Waals surface area (Å²) in [4.78, 5) is 15.2. The lowest BCUT2D eigenvalue weighted by atomic mass is 10.1. The Morgan fingerprint density at radius 3 is 2.29 bits per heavy atom. The molecule has 0 saturated carbocycles. The van der Waals surface area contributed by atoms with Crippen molar-refractivity contribution < 1.29 is 14.3 Å². The Labute approximate surface area is 191 Å². The molecule has 1 aliphatic heterocycles. The second-order valence-corrected chi connectivity index (χ2v) is 8.61. The maximum Gasteiger partial charge on any atom is 0.266 e. The standard InChI is InChI=1S/C25H21NO3S2/c1-28-21-13-12-20(14-22(21)29-17-19-10-6-3-7-11-19)15-23-24(27)26(25(30)31-23)16-18-8-4-2-5-9-18/h2-15H,16-17H2,1H3. The number of hydrogen-bond acceptors (Lipinski definition) is 5. The van der Waals surface area contributed by atoms with Crippen LogP contribution in [0.3, 0.4) is 0 Å². The van der Waals surface area contributed by atoms with Crippen LogP contribution < -0.4 is 9.47 Å². The maximum absolute atomic E-state index is 12.9. The lowest BCUT2D eigenvalue weighted by Gasteiger charge is -2.14. The van der Waals surface area contributed by atoms with Gasteiger partial charge in [0, 0.05) is 0 Å². The van der Waals surface area contributed by atoms with Gasteiger partial charge in [0.05, 0.1) is 18.6 Å². The van der Waals surface area contributed by atoms with Gasteiger partial charge in [0.1, 0.15) is 10.9 Å². The van der Waals surface area contributed by atoms with Crippen LogP contribution in [0.5, 0.6) is 11.5 Å². The molecule has 0 aliphatic carbocycles. The fourth-order valence-corrected chi connectivity index (χ4v) is 4.44. The van der Waals surface area contributed by atoms with Gasteiger partial charge in [0.25, 0.3) is 5.91 Å². The van der Waals surface area contributed by atoms with E-state index in [9.17, 15) is 4.79 Å². The Bertz CT molecular complexity index is 1110. The summed E-state index contributed by atoms with van der Waals surface area (Å²) in [6.45, 7) is 0.900. The largest absolute Gasteiger partial charge is 0.493 e. The molecule has 0 atom stereocenters. The highest BCUT2D eigenvalue weighted by Crippen LogP contribution is 2.35. The van der Waals surface area contributed by atoms with Crippen LogP contribution in [0.4, 0.5) is 0 Å². The van der Waals surface area contributed by atoms with E-state index in [0.29, 0.717) is 33.9 Å². The first-order valence-corrected chi connectivity index (χ1v) is 11.0. The van der Waals surface area contributed by atoms with E-state index in [1.165, 1.54) is 11.8 Å². The van der Waals surface area contributed by atoms with Crippen molar-refractivity contribution in [2.45, 2.75) is 13.2 Å². The second-order valence-electron chi connectivity index (χ2n) is 6.94. The molecule has 0 aromatic heterocycles. The van der Waals surface area contributed by atoms with Gasteiger partial charge in [-0.15, -0.1) is 0 Å². The minimum absolute atomic E-state index is 0.0820. The SMILES string of the molecule is COc1ccc(C=C2SC(=S)N(Cc3ccccc3)C2=O)cc1OCc1ccccc1. The van der Waals surface area contributed by atoms with E-state index in [2.05, 4.69) is 0 Å². The van der Waals surface area contributed by atoms with Crippen LogP contribution >= 0.6 is 24.0 Å². The highest BCUT2D eigenvalue weighted by molar-refractivity contribution is 8.26. The molecule has 3 aromatic carbocycles. The third-order valence-corrected chi connectivity index (χ3v) is 6.16. The maximum atomic E-state index is 12.9. The third-order valence-electron chi connectivity index (χ3n) is 4.78. The van der Waals surface area contributed by atoms with Crippen molar-refractivity contribution in [1.29, 1.82) is 0 Å². The average Bonchev–Trinajstić information content (AvgIpc) is 3.06. The van der Waals surface area contributed by atoms with Crippen LogP contribution in [-0.4, -0.2) is 22.2 Å². The number of ether oxygens (including phenoxy) is 2. The minimum Gasteiger partial charge on any atom is -0.493 e. The first-order chi connectivity index (χ1) is 15.1. The monoisotopic (exact) mass is 447 g/mol. The molecule has 1 amide bonds. The van der Waals surface area contributed by atoms with Crippen molar-refractivity contribution in [3.05, 3.63) is 100 Å². The third kappa shape index (κ3) is 5.16. The van der Waals surface area contributed by atoms with Crippen LogP contribution in [0.25, 0.3) is 6.08 Å². The molecule has 31 heavy (non-hydrogen) atoms. The number of methoxy groups -OCH3 is 1. The van der Waals surface area contributed by atoms with Gasteiger partial charge < -0.3 is 9.47 Å². The summed E-state index contributed by atoms with van der Waals surface area (Å²) in [7, 11) is 1.61. The minimum atomic E-state index is -0.0820. The van der Waals surface area contributed by atoms with Gasteiger partial charge >= 0.3 is 0 Å². The fourth-order valence-electron chi connectivity index (χ4n) is 3.18. The highest BCUT2D eigenvalue weighted by atomic mass is 32.2. The average molecular weight is 448 g/mol. The molecule has 0 bridgehead atoms. The van der Waals surface area contributed by atoms with Gasteiger partial charge in [-0.1, -0.05) is 90.7 Å². The number of nitrogens with zero attached hydrogens (tertiary/aromatic N) is 1. The number of amides is 1. The number of carbonyl (C=O) groups excluding carboxylic acids is 1. The quantitative estimate of drug-likeness (QED) is 0.344. The molecule has 4 nitrogen and oxygen atoms in total. The molecule has 0 spiro atoms. The van der Waals surface area contributed by atoms with Gasteiger partial charge in [-0.2, -0.15) is 0 Å². The van der Waals surface area contributed by atoms with Crippen molar-refractivity contribution in [1.82, 2.24) is 4.90 Å². The van der Waals surface area contributed by atoms with E-state index in [0.717, 1.165) is 16.7 Å². The van der Waals surface area contributed by atoms with Gasteiger partial charge in [-0.05, 0) is 34.9 Å². The molecule has 1 aliphatic rings. The van der Waals surface area contributed by atoms with Crippen LogP contribution in [-0.2, 0) is 17.9 Å². The predicted molar refractivity (Wildman–Crippen MR) is 129 cm³/mol. The molecule has 3 aromatic rings. The van der Waals surface area contributed by atoms with Gasteiger partial charge in [0.2, 0.25) is 0 Å². The molecule has 0 unspecified atom stereocenters. The van der Waals surface area contributed by atoms with E-state index in [-0.39, 0.29) is 5.91 Å². The summed E-state index contributed by atoms with van der Waals surface area (Å²) in [6, 6.07) is 25.4. The molecule has 4 rings (SSSR count). The van der Waals surface area contributed by atoms with Crippen molar-refractivity contribution in [3.8, 4) is 11.5 Å². The normalized spacial score (nSPS) is 14.9. The molecule has 0 radical (unpaired) electrons. The van der Waals surface area contributed by atoms with Crippen LogP contribution in [0.1, 0.15) is 16.7 Å². The summed E-state index contributed by atoms with van der Waals surface area (Å²) in [6.07, 6.45) is 1.85. The van der Waals surface area contributed by atoms with Crippen molar-refractivity contribution >= 4 is 40.3 Å². The zero-order valence-electron chi connectivity index (χ0n) is 17.0. The summed E-state index contributed by atoms with van der Waals surface area (Å²) in [5, 5.41) is 0. The predicted octanol–water partition coefficient (Wildman–Crippen LogP) is 5.68. The van der Waals surface area contributed by atoms with Crippen LogP contribution in [0, 0.1) is 0 Å². The molecular weight excluding hydrogens is 426 g/mol. The topological polar surface area (TPSA) is 38.8 Å². The first kappa shape index (κ1) is 21.2. The van der Waals surface area contributed by atoms with E-state index in [1.54, 1.807) is 12.0 Å². The number of thioether (sulfide) groups is 1. The first-order valence-electron chi connectivity index (χ1n) is 9.78. The number of benzene rings is 3. The zero-order chi connectivity index (χ0) is 21.6. The Morgan fingerprint density at radius 2 is 1.61 bits per heavy atom. The summed E-state index contributed by atoms with van der Waals surface area (Å²) < 4.78 is 12.0. The molecule has 6 heteroatoms. The Morgan fingerprint density at radius 1 is 0.935 bits per heavy atom.